The molecule has 112 valence electrons. The predicted octanol–water partition coefficient (Wildman–Crippen LogP) is 3.24. The molecule has 0 radical (unpaired) electrons. The zero-order valence-electron chi connectivity index (χ0n) is 12.9. The summed E-state index contributed by atoms with van der Waals surface area (Å²) in [5.74, 6) is 0.774. The second-order valence-electron chi connectivity index (χ2n) is 6.22. The molecule has 0 spiro atoms. The lowest BCUT2D eigenvalue weighted by atomic mass is 9.78. The largest absolute Gasteiger partial charge is 0.496 e. The van der Waals surface area contributed by atoms with Gasteiger partial charge in [0.2, 0.25) is 0 Å². The number of ether oxygens (including phenoxy) is 1. The number of rotatable bonds is 5. The Balaban J connectivity index is 1.94. The second kappa shape index (κ2) is 6.59. The van der Waals surface area contributed by atoms with Gasteiger partial charge >= 0.3 is 0 Å². The summed E-state index contributed by atoms with van der Waals surface area (Å²) in [6.45, 7) is 7.51. The lowest BCUT2D eigenvalue weighted by Gasteiger charge is -2.39. The number of para-hydroxylation sites is 1. The molecule has 1 aliphatic heterocycles. The molecule has 0 amide bonds. The fraction of sp³-hybridized carbons (Fsp3) is 0.647. The summed E-state index contributed by atoms with van der Waals surface area (Å²) in [5, 5.41) is 10.5. The van der Waals surface area contributed by atoms with Gasteiger partial charge < -0.3 is 14.7 Å². The molecule has 3 nitrogen and oxygen atoms in total. The highest BCUT2D eigenvalue weighted by molar-refractivity contribution is 5.35. The van der Waals surface area contributed by atoms with Crippen LogP contribution in [0.2, 0.25) is 0 Å². The molecular formula is C17H27NO2. The van der Waals surface area contributed by atoms with Crippen LogP contribution in [0.4, 0.5) is 0 Å². The van der Waals surface area contributed by atoms with Crippen molar-refractivity contribution in [3.8, 4) is 5.75 Å². The van der Waals surface area contributed by atoms with Gasteiger partial charge in [-0.25, -0.2) is 0 Å². The number of hydrogen-bond acceptors (Lipinski definition) is 3. The average Bonchev–Trinajstić information content (AvgIpc) is 2.49. The molecule has 3 heteroatoms. The fourth-order valence-corrected chi connectivity index (χ4v) is 2.91. The van der Waals surface area contributed by atoms with Gasteiger partial charge in [0.15, 0.2) is 0 Å². The molecule has 2 rings (SSSR count). The number of β-amino-alcohol motifs (C(OH)–C–C–N with tert-alkyl or cyclic N) is 1. The van der Waals surface area contributed by atoms with E-state index in [1.807, 2.05) is 24.3 Å². The Bertz CT molecular complexity index is 425. The second-order valence-corrected chi connectivity index (χ2v) is 6.22. The van der Waals surface area contributed by atoms with Crippen molar-refractivity contribution in [2.24, 2.45) is 5.41 Å². The van der Waals surface area contributed by atoms with Gasteiger partial charge in [-0.15, -0.1) is 0 Å². The quantitative estimate of drug-likeness (QED) is 0.897. The Hall–Kier alpha value is -1.06. The Morgan fingerprint density at radius 1 is 1.30 bits per heavy atom. The molecule has 1 aromatic carbocycles. The van der Waals surface area contributed by atoms with Gasteiger partial charge in [0.1, 0.15) is 5.75 Å². The maximum Gasteiger partial charge on any atom is 0.124 e. The lowest BCUT2D eigenvalue weighted by molar-refractivity contribution is 0.0616. The Morgan fingerprint density at radius 2 is 1.95 bits per heavy atom. The molecule has 1 unspecified atom stereocenters. The van der Waals surface area contributed by atoms with Crippen LogP contribution in [0.25, 0.3) is 0 Å². The number of aliphatic hydroxyl groups is 1. The van der Waals surface area contributed by atoms with E-state index in [0.717, 1.165) is 24.4 Å². The summed E-state index contributed by atoms with van der Waals surface area (Å²) in [5.41, 5.74) is 1.38. The van der Waals surface area contributed by atoms with Gasteiger partial charge in [0.25, 0.3) is 0 Å². The highest BCUT2D eigenvalue weighted by Crippen LogP contribution is 2.35. The first-order valence-corrected chi connectivity index (χ1v) is 7.61. The monoisotopic (exact) mass is 277 g/mol. The molecule has 1 heterocycles. The van der Waals surface area contributed by atoms with Crippen LogP contribution in [-0.2, 0) is 0 Å². The topological polar surface area (TPSA) is 32.7 Å². The Labute approximate surface area is 122 Å². The number of nitrogens with zero attached hydrogens (tertiary/aromatic N) is 1. The summed E-state index contributed by atoms with van der Waals surface area (Å²) in [7, 11) is 1.65. The maximum absolute atomic E-state index is 10.5. The van der Waals surface area contributed by atoms with Crippen LogP contribution in [0.3, 0.4) is 0 Å². The van der Waals surface area contributed by atoms with Crippen molar-refractivity contribution >= 4 is 0 Å². The molecule has 1 aliphatic rings. The summed E-state index contributed by atoms with van der Waals surface area (Å²) in [6.07, 6.45) is 3.22. The van der Waals surface area contributed by atoms with Crippen LogP contribution in [0, 0.1) is 5.41 Å². The minimum Gasteiger partial charge on any atom is -0.496 e. The van der Waals surface area contributed by atoms with Crippen molar-refractivity contribution in [3.05, 3.63) is 29.8 Å². The van der Waals surface area contributed by atoms with Gasteiger partial charge in [0.05, 0.1) is 13.2 Å². The molecule has 0 bridgehead atoms. The van der Waals surface area contributed by atoms with E-state index in [9.17, 15) is 5.11 Å². The molecule has 0 saturated carbocycles. The SMILES string of the molecule is CCC1(C)CCN(CC(O)c2ccccc2OC)CC1. The van der Waals surface area contributed by atoms with Gasteiger partial charge in [-0.1, -0.05) is 38.5 Å². The molecule has 0 aliphatic carbocycles. The van der Waals surface area contributed by atoms with Crippen molar-refractivity contribution in [2.75, 3.05) is 26.7 Å². The smallest absolute Gasteiger partial charge is 0.124 e. The number of hydrogen-bond donors (Lipinski definition) is 1. The van der Waals surface area contributed by atoms with Crippen molar-refractivity contribution in [1.82, 2.24) is 4.90 Å². The summed E-state index contributed by atoms with van der Waals surface area (Å²) < 4.78 is 5.33. The minimum absolute atomic E-state index is 0.475. The van der Waals surface area contributed by atoms with Crippen LogP contribution >= 0.6 is 0 Å². The van der Waals surface area contributed by atoms with Crippen LogP contribution in [-0.4, -0.2) is 36.8 Å². The minimum atomic E-state index is -0.475. The first kappa shape index (κ1) is 15.3. The van der Waals surface area contributed by atoms with Gasteiger partial charge in [0, 0.05) is 12.1 Å². The molecule has 1 saturated heterocycles. The molecule has 1 fully saturated rings. The first-order valence-electron chi connectivity index (χ1n) is 7.61. The normalized spacial score (nSPS) is 20.6. The van der Waals surface area contributed by atoms with Crippen molar-refractivity contribution in [1.29, 1.82) is 0 Å². The van der Waals surface area contributed by atoms with Gasteiger partial charge in [-0.05, 0) is 37.4 Å². The third kappa shape index (κ3) is 3.53. The van der Waals surface area contributed by atoms with E-state index in [0.29, 0.717) is 12.0 Å². The third-order valence-electron chi connectivity index (χ3n) is 4.85. The van der Waals surface area contributed by atoms with Crippen LogP contribution in [0.1, 0.15) is 44.8 Å². The highest BCUT2D eigenvalue weighted by atomic mass is 16.5. The molecule has 1 aromatic rings. The molecule has 0 aromatic heterocycles. The maximum atomic E-state index is 10.5. The molecule has 20 heavy (non-hydrogen) atoms. The van der Waals surface area contributed by atoms with E-state index in [1.54, 1.807) is 7.11 Å². The zero-order chi connectivity index (χ0) is 14.6. The molecule has 1 N–H and O–H groups in total. The van der Waals surface area contributed by atoms with E-state index in [1.165, 1.54) is 19.3 Å². The number of methoxy groups -OCH3 is 1. The Morgan fingerprint density at radius 3 is 2.55 bits per heavy atom. The molecule has 1 atom stereocenters. The van der Waals surface area contributed by atoms with E-state index in [4.69, 9.17) is 4.74 Å². The van der Waals surface area contributed by atoms with E-state index < -0.39 is 6.10 Å². The Kier molecular flexibility index (Phi) is 5.06. The van der Waals surface area contributed by atoms with E-state index in [-0.39, 0.29) is 0 Å². The van der Waals surface area contributed by atoms with Crippen molar-refractivity contribution in [2.45, 2.75) is 39.2 Å². The molecular weight excluding hydrogens is 250 g/mol. The number of likely N-dealkylation sites (tertiary alicyclic amines) is 1. The van der Waals surface area contributed by atoms with Gasteiger partial charge in [-0.2, -0.15) is 0 Å². The highest BCUT2D eigenvalue weighted by Gasteiger charge is 2.29. The first-order chi connectivity index (χ1) is 9.58. The van der Waals surface area contributed by atoms with E-state index >= 15 is 0 Å². The summed E-state index contributed by atoms with van der Waals surface area (Å²) in [6, 6.07) is 7.74. The van der Waals surface area contributed by atoms with E-state index in [2.05, 4.69) is 18.7 Å². The number of aliphatic hydroxyl groups excluding tert-OH is 1. The van der Waals surface area contributed by atoms with Gasteiger partial charge in [-0.3, -0.25) is 0 Å². The number of piperidine rings is 1. The van der Waals surface area contributed by atoms with Crippen molar-refractivity contribution < 1.29 is 9.84 Å². The summed E-state index contributed by atoms with van der Waals surface area (Å²) >= 11 is 0. The van der Waals surface area contributed by atoms with Crippen LogP contribution < -0.4 is 4.74 Å². The predicted molar refractivity (Wildman–Crippen MR) is 82.0 cm³/mol. The standard InChI is InChI=1S/C17H27NO2/c1-4-17(2)9-11-18(12-10-17)13-15(19)14-7-5-6-8-16(14)20-3/h5-8,15,19H,4,9-13H2,1-3H3. The third-order valence-corrected chi connectivity index (χ3v) is 4.85. The van der Waals surface area contributed by atoms with Crippen molar-refractivity contribution in [3.63, 3.8) is 0 Å². The average molecular weight is 277 g/mol. The zero-order valence-corrected chi connectivity index (χ0v) is 12.9. The number of benzene rings is 1. The summed E-state index contributed by atoms with van der Waals surface area (Å²) in [4.78, 5) is 2.37. The fourth-order valence-electron chi connectivity index (χ4n) is 2.91. The lowest BCUT2D eigenvalue weighted by Crippen LogP contribution is -2.40. The van der Waals surface area contributed by atoms with Crippen LogP contribution in [0.5, 0.6) is 5.75 Å². The van der Waals surface area contributed by atoms with Crippen LogP contribution in [0.15, 0.2) is 24.3 Å².